The maximum absolute atomic E-state index is 12.2. The van der Waals surface area contributed by atoms with E-state index in [1.165, 1.54) is 25.7 Å². The Morgan fingerprint density at radius 3 is 1.30 bits per heavy atom. The summed E-state index contributed by atoms with van der Waals surface area (Å²) in [5, 5.41) is 9.55. The summed E-state index contributed by atoms with van der Waals surface area (Å²) < 4.78 is 10.6. The van der Waals surface area contributed by atoms with E-state index in [1.807, 2.05) is 0 Å². The molecule has 5 heteroatoms. The molecule has 0 radical (unpaired) electrons. The molecule has 0 spiro atoms. The summed E-state index contributed by atoms with van der Waals surface area (Å²) in [5.74, 6) is -0.665. The molecule has 0 aromatic heterocycles. The smallest absolute Gasteiger partial charge is 0.306 e. The fourth-order valence-corrected chi connectivity index (χ4v) is 4.88. The molecule has 0 saturated heterocycles. The van der Waals surface area contributed by atoms with Crippen molar-refractivity contribution >= 4 is 11.9 Å². The second-order valence-electron chi connectivity index (χ2n) is 12.6. The number of rotatable bonds is 34. The lowest BCUT2D eigenvalue weighted by atomic mass is 10.1. The van der Waals surface area contributed by atoms with Crippen LogP contribution in [0.4, 0.5) is 0 Å². The first-order valence-electron chi connectivity index (χ1n) is 19.8. The fraction of sp³-hybridized carbons (Fsp3) is 0.600. The first-order chi connectivity index (χ1) is 24.6. The molecule has 5 nitrogen and oxygen atoms in total. The lowest BCUT2D eigenvalue weighted by Gasteiger charge is -2.15. The average Bonchev–Trinajstić information content (AvgIpc) is 3.12. The van der Waals surface area contributed by atoms with Crippen molar-refractivity contribution in [3.05, 3.63) is 97.2 Å². The van der Waals surface area contributed by atoms with Crippen molar-refractivity contribution < 1.29 is 24.2 Å². The molecule has 1 atom stereocenters. The van der Waals surface area contributed by atoms with Gasteiger partial charge in [0.05, 0.1) is 6.61 Å². The van der Waals surface area contributed by atoms with Crippen LogP contribution in [0.15, 0.2) is 97.2 Å². The molecule has 0 amide bonds. The van der Waals surface area contributed by atoms with Crippen molar-refractivity contribution in [2.24, 2.45) is 0 Å². The highest BCUT2D eigenvalue weighted by atomic mass is 16.6. The van der Waals surface area contributed by atoms with Crippen molar-refractivity contribution in [3.63, 3.8) is 0 Å². The van der Waals surface area contributed by atoms with Crippen molar-refractivity contribution in [1.82, 2.24) is 0 Å². The third-order valence-electron chi connectivity index (χ3n) is 7.86. The quantitative estimate of drug-likeness (QED) is 0.0413. The van der Waals surface area contributed by atoms with E-state index in [0.29, 0.717) is 12.8 Å². The van der Waals surface area contributed by atoms with E-state index in [-0.39, 0.29) is 25.2 Å². The van der Waals surface area contributed by atoms with Gasteiger partial charge in [0.1, 0.15) is 6.61 Å². The summed E-state index contributed by atoms with van der Waals surface area (Å²) in [7, 11) is 0. The van der Waals surface area contributed by atoms with E-state index < -0.39 is 6.10 Å². The van der Waals surface area contributed by atoms with Crippen LogP contribution in [0.25, 0.3) is 0 Å². The Bertz CT molecular complexity index is 1010. The number of esters is 2. The maximum Gasteiger partial charge on any atom is 0.306 e. The molecule has 0 saturated carbocycles. The number of carbonyl (C=O) groups excluding carboxylic acids is 2. The zero-order chi connectivity index (χ0) is 36.4. The Morgan fingerprint density at radius 2 is 0.860 bits per heavy atom. The Labute approximate surface area is 307 Å². The molecule has 0 unspecified atom stereocenters. The molecular formula is C45H72O5. The fourth-order valence-electron chi connectivity index (χ4n) is 4.88. The van der Waals surface area contributed by atoms with E-state index in [2.05, 4.69) is 111 Å². The first-order valence-corrected chi connectivity index (χ1v) is 19.8. The van der Waals surface area contributed by atoms with Gasteiger partial charge in [-0.15, -0.1) is 0 Å². The van der Waals surface area contributed by atoms with Gasteiger partial charge in [0.15, 0.2) is 6.10 Å². The molecule has 0 bridgehead atoms. The topological polar surface area (TPSA) is 72.8 Å². The number of allylic oxidation sites excluding steroid dienone is 16. The van der Waals surface area contributed by atoms with Crippen LogP contribution in [0.2, 0.25) is 0 Å². The van der Waals surface area contributed by atoms with Crippen molar-refractivity contribution in [2.75, 3.05) is 13.2 Å². The van der Waals surface area contributed by atoms with E-state index >= 15 is 0 Å². The van der Waals surface area contributed by atoms with E-state index in [0.717, 1.165) is 103 Å². The summed E-state index contributed by atoms with van der Waals surface area (Å²) >= 11 is 0. The number of hydrogen-bond donors (Lipinski definition) is 1. The minimum Gasteiger partial charge on any atom is -0.462 e. The Balaban J connectivity index is 3.72. The molecule has 282 valence electrons. The summed E-state index contributed by atoms with van der Waals surface area (Å²) in [6.07, 6.45) is 56.0. The van der Waals surface area contributed by atoms with Gasteiger partial charge in [0.25, 0.3) is 0 Å². The van der Waals surface area contributed by atoms with Gasteiger partial charge in [0.2, 0.25) is 0 Å². The molecule has 0 aromatic rings. The van der Waals surface area contributed by atoms with Gasteiger partial charge in [-0.05, 0) is 96.3 Å². The predicted octanol–water partition coefficient (Wildman–Crippen LogP) is 12.5. The Kier molecular flexibility index (Phi) is 37.7. The normalized spacial score (nSPS) is 13.3. The first kappa shape index (κ1) is 46.8. The number of unbranched alkanes of at least 4 members (excludes halogenated alkanes) is 10. The molecule has 0 aliphatic rings. The van der Waals surface area contributed by atoms with Gasteiger partial charge in [-0.2, -0.15) is 0 Å². The second kappa shape index (κ2) is 40.3. The van der Waals surface area contributed by atoms with Gasteiger partial charge >= 0.3 is 11.9 Å². The standard InChI is InChI=1S/C45H72O5/c1-3-5-7-9-11-13-15-17-19-21-22-24-25-27-29-31-33-35-37-39-44(47)49-42-43(41-46)50-45(48)40-38-36-34-32-30-28-26-23-20-18-16-14-12-10-8-6-4-2/h6,8,11-14,17-20,22,24,26-29,43,46H,3-5,7,9-10,15-16,21,23,25,30-42H2,1-2H3/b8-6-,13-11-,14-12-,19-17-,20-18-,24-22-,28-26-,29-27-/t43-/m0/s1. The van der Waals surface area contributed by atoms with Crippen LogP contribution in [0, 0.1) is 0 Å². The average molecular weight is 693 g/mol. The summed E-state index contributed by atoms with van der Waals surface area (Å²) in [5.41, 5.74) is 0. The molecule has 0 heterocycles. The van der Waals surface area contributed by atoms with Gasteiger partial charge < -0.3 is 14.6 Å². The lowest BCUT2D eigenvalue weighted by Crippen LogP contribution is -2.28. The number of aliphatic hydroxyl groups excluding tert-OH is 1. The van der Waals surface area contributed by atoms with Crippen LogP contribution in [0.3, 0.4) is 0 Å². The molecule has 0 aliphatic carbocycles. The van der Waals surface area contributed by atoms with Crippen molar-refractivity contribution in [3.8, 4) is 0 Å². The molecule has 0 aliphatic heterocycles. The molecule has 1 N–H and O–H groups in total. The minimum absolute atomic E-state index is 0.0990. The zero-order valence-electron chi connectivity index (χ0n) is 31.9. The minimum atomic E-state index is -0.804. The molecule has 0 rings (SSSR count). The van der Waals surface area contributed by atoms with E-state index in [4.69, 9.17) is 9.47 Å². The van der Waals surface area contributed by atoms with E-state index in [9.17, 15) is 14.7 Å². The molecule has 0 fully saturated rings. The number of aliphatic hydroxyl groups is 1. The largest absolute Gasteiger partial charge is 0.462 e. The highest BCUT2D eigenvalue weighted by molar-refractivity contribution is 5.70. The molecule has 0 aromatic carbocycles. The Hall–Kier alpha value is -3.18. The number of ether oxygens (including phenoxy) is 2. The molecule has 50 heavy (non-hydrogen) atoms. The van der Waals surface area contributed by atoms with Crippen molar-refractivity contribution in [1.29, 1.82) is 0 Å². The Morgan fingerprint density at radius 1 is 0.480 bits per heavy atom. The van der Waals surface area contributed by atoms with Gasteiger partial charge in [-0.1, -0.05) is 143 Å². The lowest BCUT2D eigenvalue weighted by molar-refractivity contribution is -0.161. The molecular weight excluding hydrogens is 620 g/mol. The predicted molar refractivity (Wildman–Crippen MR) is 214 cm³/mol. The van der Waals surface area contributed by atoms with Crippen LogP contribution in [-0.2, 0) is 19.1 Å². The van der Waals surface area contributed by atoms with Crippen LogP contribution in [0.5, 0.6) is 0 Å². The summed E-state index contributed by atoms with van der Waals surface area (Å²) in [6.45, 7) is 3.92. The van der Waals surface area contributed by atoms with Crippen molar-refractivity contribution in [2.45, 2.75) is 161 Å². The van der Waals surface area contributed by atoms with Gasteiger partial charge in [-0.3, -0.25) is 9.59 Å². The maximum atomic E-state index is 12.2. The third kappa shape index (κ3) is 37.6. The van der Waals surface area contributed by atoms with Crippen LogP contribution < -0.4 is 0 Å². The summed E-state index contributed by atoms with van der Waals surface area (Å²) in [6, 6.07) is 0. The van der Waals surface area contributed by atoms with Crippen LogP contribution in [-0.4, -0.2) is 36.4 Å². The van der Waals surface area contributed by atoms with Gasteiger partial charge in [-0.25, -0.2) is 0 Å². The second-order valence-corrected chi connectivity index (χ2v) is 12.6. The summed E-state index contributed by atoms with van der Waals surface area (Å²) in [4.78, 5) is 24.3. The zero-order valence-corrected chi connectivity index (χ0v) is 31.9. The number of carbonyl (C=O) groups is 2. The monoisotopic (exact) mass is 693 g/mol. The van der Waals surface area contributed by atoms with Gasteiger partial charge in [0, 0.05) is 12.8 Å². The third-order valence-corrected chi connectivity index (χ3v) is 7.86. The highest BCUT2D eigenvalue weighted by Gasteiger charge is 2.16. The SMILES string of the molecule is CC/C=C\C/C=C\C/C=C\C/C=C\CCCCCCC(=O)O[C@@H](CO)COC(=O)CCCCC/C=C\C/C=C\C/C=C\C/C=C\CCCCC. The number of hydrogen-bond acceptors (Lipinski definition) is 5. The highest BCUT2D eigenvalue weighted by Crippen LogP contribution is 2.10. The van der Waals surface area contributed by atoms with E-state index in [1.54, 1.807) is 0 Å². The van der Waals surface area contributed by atoms with Crippen LogP contribution >= 0.6 is 0 Å². The van der Waals surface area contributed by atoms with Crippen LogP contribution in [0.1, 0.15) is 155 Å².